The largest absolute Gasteiger partial charge is 0.461 e. The predicted molar refractivity (Wildman–Crippen MR) is 109 cm³/mol. The van der Waals surface area contributed by atoms with E-state index in [9.17, 15) is 22.4 Å². The zero-order valence-electron chi connectivity index (χ0n) is 17.4. The predicted octanol–water partition coefficient (Wildman–Crippen LogP) is 5.17. The summed E-state index contributed by atoms with van der Waals surface area (Å²) in [6.45, 7) is 11.0. The summed E-state index contributed by atoms with van der Waals surface area (Å²) in [6.07, 6.45) is 8.46. The Labute approximate surface area is 174 Å². The number of carbonyl (C=O) groups excluding carboxylic acids is 1. The van der Waals surface area contributed by atoms with Gasteiger partial charge >= 0.3 is 6.18 Å². The van der Waals surface area contributed by atoms with Crippen LogP contribution in [0.25, 0.3) is 0 Å². The Bertz CT molecular complexity index is 602. The Morgan fingerprint density at radius 2 is 1.90 bits per heavy atom. The molecular weight excluding hydrogens is 410 g/mol. The smallest absolute Gasteiger partial charge is 0.445 e. The van der Waals surface area contributed by atoms with Gasteiger partial charge in [0.2, 0.25) is 5.01 Å². The van der Waals surface area contributed by atoms with Crippen LogP contribution in [0.4, 0.5) is 17.6 Å². The van der Waals surface area contributed by atoms with Gasteiger partial charge in [-0.05, 0) is 27.2 Å². The van der Waals surface area contributed by atoms with E-state index in [4.69, 9.17) is 0 Å². The Hall–Kier alpha value is -2.41. The SMILES string of the molecule is C#C.C/C=C(\C)N(C)C(C)CC.C=CCF.O=CCOc1nnc(C(F)(F)F)s1. The first-order valence-corrected chi connectivity index (χ1v) is 9.23. The number of allylic oxidation sites excluding steroid dienone is 3. The van der Waals surface area contributed by atoms with Crippen LogP contribution in [-0.2, 0) is 11.0 Å². The number of aromatic nitrogens is 2. The van der Waals surface area contributed by atoms with Gasteiger partial charge in [-0.1, -0.05) is 35.5 Å². The van der Waals surface area contributed by atoms with Crippen LogP contribution in [0.5, 0.6) is 5.19 Å². The van der Waals surface area contributed by atoms with E-state index in [1.54, 1.807) is 0 Å². The molecule has 0 amide bonds. The highest BCUT2D eigenvalue weighted by atomic mass is 32.1. The van der Waals surface area contributed by atoms with Crippen molar-refractivity contribution < 1.29 is 27.1 Å². The van der Waals surface area contributed by atoms with Crippen molar-refractivity contribution in [1.82, 2.24) is 15.1 Å². The third kappa shape index (κ3) is 16.3. The molecule has 1 aromatic rings. The molecule has 5 nitrogen and oxygen atoms in total. The van der Waals surface area contributed by atoms with E-state index in [-0.39, 0.29) is 23.1 Å². The van der Waals surface area contributed by atoms with Gasteiger partial charge < -0.3 is 9.64 Å². The molecule has 1 unspecified atom stereocenters. The molecule has 10 heteroatoms. The lowest BCUT2D eigenvalue weighted by Gasteiger charge is -2.26. The lowest BCUT2D eigenvalue weighted by Crippen LogP contribution is -2.26. The number of ether oxygens (including phenoxy) is 1. The number of terminal acetylenes is 1. The minimum absolute atomic E-state index is 0.251. The van der Waals surface area contributed by atoms with E-state index in [2.05, 4.69) is 80.1 Å². The Kier molecular flexibility index (Phi) is 20.4. The van der Waals surface area contributed by atoms with Crippen molar-refractivity contribution in [3.05, 3.63) is 29.4 Å². The topological polar surface area (TPSA) is 55.3 Å². The standard InChI is InChI=1S/C9H19N.C5H3F3N2O2S.C3H5F.C2H2/c1-6-8(3)10(5)9(4)7-2;6-5(7,8)3-9-10-4(13-3)12-2-1-11;1-2-3-4;1-2/h6,9H,7H2,1-5H3;1H,2H2;2H,1,3H2;1-2H/b8-6+;;;. The summed E-state index contributed by atoms with van der Waals surface area (Å²) in [6, 6.07) is 0.663. The van der Waals surface area contributed by atoms with Gasteiger partial charge in [-0.3, -0.25) is 4.79 Å². The molecule has 0 aliphatic carbocycles. The summed E-state index contributed by atoms with van der Waals surface area (Å²) in [5, 5.41) is 4.58. The van der Waals surface area contributed by atoms with Crippen molar-refractivity contribution in [2.75, 3.05) is 20.3 Å². The molecule has 0 spiro atoms. The minimum atomic E-state index is -4.51. The number of aldehydes is 1. The summed E-state index contributed by atoms with van der Waals surface area (Å²) in [5.74, 6) is 0. The second-order valence-corrected chi connectivity index (χ2v) is 6.03. The highest BCUT2D eigenvalue weighted by molar-refractivity contribution is 7.13. The molecule has 0 aliphatic heterocycles. The number of hydrogen-bond donors (Lipinski definition) is 0. The van der Waals surface area contributed by atoms with Crippen LogP contribution in [0.3, 0.4) is 0 Å². The van der Waals surface area contributed by atoms with Crippen LogP contribution in [0.2, 0.25) is 0 Å². The van der Waals surface area contributed by atoms with Crippen molar-refractivity contribution in [1.29, 1.82) is 0 Å². The second kappa shape index (κ2) is 18.9. The molecule has 0 radical (unpaired) electrons. The zero-order valence-corrected chi connectivity index (χ0v) is 18.2. The fraction of sp³-hybridized carbons (Fsp3) is 0.526. The quantitative estimate of drug-likeness (QED) is 0.254. The minimum Gasteiger partial charge on any atom is -0.461 e. The fourth-order valence-electron chi connectivity index (χ4n) is 1.31. The number of nitrogens with zero attached hydrogens (tertiary/aromatic N) is 3. The van der Waals surface area contributed by atoms with Crippen molar-refractivity contribution in [3.8, 4) is 18.0 Å². The summed E-state index contributed by atoms with van der Waals surface area (Å²) < 4.78 is 50.8. The highest BCUT2D eigenvalue weighted by Crippen LogP contribution is 2.33. The molecule has 0 aliphatic rings. The van der Waals surface area contributed by atoms with Gasteiger partial charge in [0.15, 0.2) is 6.29 Å². The van der Waals surface area contributed by atoms with Gasteiger partial charge in [0.05, 0.1) is 0 Å². The van der Waals surface area contributed by atoms with Gasteiger partial charge in [0, 0.05) is 18.8 Å². The molecule has 1 heterocycles. The van der Waals surface area contributed by atoms with Crippen molar-refractivity contribution in [2.45, 2.75) is 46.3 Å². The van der Waals surface area contributed by atoms with Crippen LogP contribution in [0, 0.1) is 12.8 Å². The highest BCUT2D eigenvalue weighted by Gasteiger charge is 2.35. The molecule has 1 rings (SSSR count). The van der Waals surface area contributed by atoms with Crippen molar-refractivity contribution >= 4 is 17.6 Å². The summed E-state index contributed by atoms with van der Waals surface area (Å²) in [5.41, 5.74) is 1.36. The molecule has 0 aromatic carbocycles. The third-order valence-corrected chi connectivity index (χ3v) is 4.14. The zero-order chi connectivity index (χ0) is 23.5. The molecular formula is C19H29F4N3O2S. The Morgan fingerprint density at radius 3 is 2.21 bits per heavy atom. The molecule has 0 saturated carbocycles. The Morgan fingerprint density at radius 1 is 1.38 bits per heavy atom. The first-order chi connectivity index (χ1) is 13.6. The molecule has 1 atom stereocenters. The lowest BCUT2D eigenvalue weighted by molar-refractivity contribution is -0.138. The first kappa shape index (κ1) is 31.3. The van der Waals surface area contributed by atoms with E-state index in [1.807, 2.05) is 0 Å². The number of halogens is 4. The maximum atomic E-state index is 11.9. The van der Waals surface area contributed by atoms with E-state index in [1.165, 1.54) is 18.2 Å². The normalized spacial score (nSPS) is 11.2. The second-order valence-electron chi connectivity index (χ2n) is 5.09. The number of alkyl halides is 4. The molecule has 1 aromatic heterocycles. The van der Waals surface area contributed by atoms with Gasteiger partial charge in [-0.25, -0.2) is 4.39 Å². The number of rotatable bonds is 7. The number of carbonyl (C=O) groups is 1. The molecule has 0 N–H and O–H groups in total. The van der Waals surface area contributed by atoms with Crippen molar-refractivity contribution in [2.24, 2.45) is 0 Å². The maximum Gasteiger partial charge on any atom is 0.445 e. The number of hydrogen-bond acceptors (Lipinski definition) is 6. The average Bonchev–Trinajstić information content (AvgIpc) is 3.22. The molecule has 166 valence electrons. The molecule has 0 saturated heterocycles. The van der Waals surface area contributed by atoms with Gasteiger partial charge in [0.1, 0.15) is 13.3 Å². The van der Waals surface area contributed by atoms with Crippen LogP contribution >= 0.6 is 11.3 Å². The maximum absolute atomic E-state index is 11.9. The molecule has 0 bridgehead atoms. The third-order valence-electron chi connectivity index (χ3n) is 3.26. The van der Waals surface area contributed by atoms with E-state index < -0.39 is 17.9 Å². The van der Waals surface area contributed by atoms with E-state index >= 15 is 0 Å². The van der Waals surface area contributed by atoms with Crippen LogP contribution < -0.4 is 4.74 Å². The average molecular weight is 440 g/mol. The first-order valence-electron chi connectivity index (χ1n) is 8.41. The molecule has 29 heavy (non-hydrogen) atoms. The van der Waals surface area contributed by atoms with Crippen LogP contribution in [-0.4, -0.2) is 47.8 Å². The van der Waals surface area contributed by atoms with Crippen LogP contribution in [0.1, 0.15) is 39.1 Å². The Balaban J connectivity index is -0.000000375. The van der Waals surface area contributed by atoms with Gasteiger partial charge in [0.25, 0.3) is 5.19 Å². The van der Waals surface area contributed by atoms with Crippen molar-refractivity contribution in [3.63, 3.8) is 0 Å². The van der Waals surface area contributed by atoms with E-state index in [0.717, 1.165) is 0 Å². The monoisotopic (exact) mass is 439 g/mol. The van der Waals surface area contributed by atoms with E-state index in [0.29, 0.717) is 12.3 Å². The molecule has 0 fully saturated rings. The summed E-state index contributed by atoms with van der Waals surface area (Å²) in [4.78, 5) is 12.1. The van der Waals surface area contributed by atoms with Crippen LogP contribution in [0.15, 0.2) is 24.4 Å². The lowest BCUT2D eigenvalue weighted by atomic mass is 10.2. The summed E-state index contributed by atoms with van der Waals surface area (Å²) >= 11 is 0.251. The summed E-state index contributed by atoms with van der Waals surface area (Å²) in [7, 11) is 2.14. The van der Waals surface area contributed by atoms with Gasteiger partial charge in [-0.15, -0.1) is 24.5 Å². The van der Waals surface area contributed by atoms with Gasteiger partial charge in [-0.2, -0.15) is 13.2 Å². The fourth-order valence-corrected chi connectivity index (χ4v) is 1.88.